The van der Waals surface area contributed by atoms with Crippen molar-refractivity contribution in [2.75, 3.05) is 0 Å². The Kier molecular flexibility index (Phi) is 4.60. The van der Waals surface area contributed by atoms with E-state index >= 15 is 0 Å². The van der Waals surface area contributed by atoms with Crippen LogP contribution in [0.2, 0.25) is 0 Å². The van der Waals surface area contributed by atoms with Crippen molar-refractivity contribution in [3.63, 3.8) is 0 Å². The Balaban J connectivity index is 2.22. The summed E-state index contributed by atoms with van der Waals surface area (Å²) in [5, 5.41) is 2.79. The van der Waals surface area contributed by atoms with Crippen molar-refractivity contribution in [2.24, 2.45) is 5.92 Å². The highest BCUT2D eigenvalue weighted by molar-refractivity contribution is 5.96. The lowest BCUT2D eigenvalue weighted by Crippen LogP contribution is -2.63. The molecule has 1 N–H and O–H groups in total. The summed E-state index contributed by atoms with van der Waals surface area (Å²) in [6.45, 7) is 5.87. The van der Waals surface area contributed by atoms with Crippen LogP contribution in [0.1, 0.15) is 32.8 Å². The molecule has 1 saturated heterocycles. The third kappa shape index (κ3) is 3.23. The molecule has 0 aromatic heterocycles. The third-order valence-corrected chi connectivity index (χ3v) is 4.15. The first-order chi connectivity index (χ1) is 9.93. The number of nitrogens with zero attached hydrogens (tertiary/aromatic N) is 1. The molecule has 0 aliphatic carbocycles. The van der Waals surface area contributed by atoms with Gasteiger partial charge in [-0.15, -0.1) is 0 Å². The number of hydrogen-bond donors (Lipinski definition) is 1. The first-order valence-corrected chi connectivity index (χ1v) is 7.29. The summed E-state index contributed by atoms with van der Waals surface area (Å²) in [6.07, 6.45) is 0.804. The zero-order valence-electron chi connectivity index (χ0n) is 12.6. The fourth-order valence-electron chi connectivity index (χ4n) is 2.51. The van der Waals surface area contributed by atoms with Crippen molar-refractivity contribution in [3.05, 3.63) is 35.6 Å². The fraction of sp³-hybridized carbons (Fsp3) is 0.500. The topological polar surface area (TPSA) is 49.4 Å². The largest absolute Gasteiger partial charge is 0.342 e. The Bertz CT molecular complexity index is 547. The Hall–Kier alpha value is -1.91. The molecule has 1 aromatic rings. The average Bonchev–Trinajstić information content (AvgIpc) is 2.46. The normalized spacial score (nSPS) is 23.9. The van der Waals surface area contributed by atoms with Crippen LogP contribution in [-0.4, -0.2) is 28.8 Å². The molecule has 0 saturated carbocycles. The van der Waals surface area contributed by atoms with Crippen LogP contribution in [0.25, 0.3) is 0 Å². The van der Waals surface area contributed by atoms with Gasteiger partial charge in [-0.3, -0.25) is 9.59 Å². The predicted molar refractivity (Wildman–Crippen MR) is 77.8 cm³/mol. The molecule has 0 spiro atoms. The van der Waals surface area contributed by atoms with Crippen LogP contribution in [0.15, 0.2) is 24.3 Å². The van der Waals surface area contributed by atoms with Gasteiger partial charge in [-0.1, -0.05) is 32.4 Å². The zero-order chi connectivity index (χ0) is 15.6. The van der Waals surface area contributed by atoms with Gasteiger partial charge in [-0.05, 0) is 30.5 Å². The second kappa shape index (κ2) is 6.24. The number of hydrogen-bond acceptors (Lipinski definition) is 2. The molecule has 1 heterocycles. The number of rotatable bonds is 4. The van der Waals surface area contributed by atoms with Crippen molar-refractivity contribution < 1.29 is 14.0 Å². The van der Waals surface area contributed by atoms with Crippen molar-refractivity contribution in [3.8, 4) is 0 Å². The molecule has 2 rings (SSSR count). The molecule has 1 aliphatic heterocycles. The van der Waals surface area contributed by atoms with E-state index in [1.54, 1.807) is 19.1 Å². The summed E-state index contributed by atoms with van der Waals surface area (Å²) in [6, 6.07) is 5.09. The monoisotopic (exact) mass is 292 g/mol. The molecular formula is C16H21FN2O2. The summed E-state index contributed by atoms with van der Waals surface area (Å²) in [7, 11) is 0. The van der Waals surface area contributed by atoms with Crippen LogP contribution < -0.4 is 5.32 Å². The van der Waals surface area contributed by atoms with Crippen LogP contribution in [0.4, 0.5) is 4.39 Å². The van der Waals surface area contributed by atoms with E-state index in [2.05, 4.69) is 5.32 Å². The van der Waals surface area contributed by atoms with Gasteiger partial charge in [0.1, 0.15) is 17.9 Å². The van der Waals surface area contributed by atoms with Crippen molar-refractivity contribution >= 4 is 11.8 Å². The van der Waals surface area contributed by atoms with E-state index in [9.17, 15) is 14.0 Å². The SMILES string of the molecule is CCC(C)C1NC(=O)C(C)N(Cc2cccc(F)c2)C1=O. The summed E-state index contributed by atoms with van der Waals surface area (Å²) >= 11 is 0. The minimum Gasteiger partial charge on any atom is -0.342 e. The van der Waals surface area contributed by atoms with Gasteiger partial charge in [-0.25, -0.2) is 4.39 Å². The average molecular weight is 292 g/mol. The highest BCUT2D eigenvalue weighted by Gasteiger charge is 2.39. The third-order valence-electron chi connectivity index (χ3n) is 4.15. The molecule has 4 nitrogen and oxygen atoms in total. The smallest absolute Gasteiger partial charge is 0.246 e. The molecule has 3 atom stereocenters. The number of amides is 2. The predicted octanol–water partition coefficient (Wildman–Crippen LogP) is 2.09. The van der Waals surface area contributed by atoms with Crippen molar-refractivity contribution in [2.45, 2.75) is 45.8 Å². The Morgan fingerprint density at radius 3 is 2.71 bits per heavy atom. The van der Waals surface area contributed by atoms with Gasteiger partial charge in [-0.2, -0.15) is 0 Å². The molecule has 1 fully saturated rings. The number of carbonyl (C=O) groups is 2. The highest BCUT2D eigenvalue weighted by atomic mass is 19.1. The Labute approximate surface area is 124 Å². The van der Waals surface area contributed by atoms with E-state index in [4.69, 9.17) is 0 Å². The van der Waals surface area contributed by atoms with Crippen molar-refractivity contribution in [1.82, 2.24) is 10.2 Å². The number of halogens is 1. The van der Waals surface area contributed by atoms with Gasteiger partial charge in [0, 0.05) is 6.54 Å². The summed E-state index contributed by atoms with van der Waals surface area (Å²) < 4.78 is 13.3. The minimum atomic E-state index is -0.541. The molecule has 0 bridgehead atoms. The van der Waals surface area contributed by atoms with E-state index in [1.807, 2.05) is 13.8 Å². The first-order valence-electron chi connectivity index (χ1n) is 7.29. The first kappa shape index (κ1) is 15.5. The second-order valence-electron chi connectivity index (χ2n) is 5.64. The van der Waals surface area contributed by atoms with Crippen LogP contribution in [0, 0.1) is 11.7 Å². The maximum atomic E-state index is 13.3. The number of carbonyl (C=O) groups excluding carboxylic acids is 2. The van der Waals surface area contributed by atoms with Gasteiger partial charge in [0.05, 0.1) is 0 Å². The lowest BCUT2D eigenvalue weighted by molar-refractivity contribution is -0.150. The van der Waals surface area contributed by atoms with E-state index in [0.29, 0.717) is 5.56 Å². The van der Waals surface area contributed by atoms with Crippen molar-refractivity contribution in [1.29, 1.82) is 0 Å². The van der Waals surface area contributed by atoms with Gasteiger partial charge < -0.3 is 10.2 Å². The number of piperazine rings is 1. The highest BCUT2D eigenvalue weighted by Crippen LogP contribution is 2.20. The van der Waals surface area contributed by atoms with E-state index in [1.165, 1.54) is 17.0 Å². The molecular weight excluding hydrogens is 271 g/mol. The van der Waals surface area contributed by atoms with E-state index in [-0.39, 0.29) is 30.1 Å². The maximum Gasteiger partial charge on any atom is 0.246 e. The van der Waals surface area contributed by atoms with Gasteiger partial charge in [0.25, 0.3) is 0 Å². The standard InChI is InChI=1S/C16H21FN2O2/c1-4-10(2)14-16(21)19(11(3)15(20)18-14)9-12-6-5-7-13(17)8-12/h5-8,10-11,14H,4,9H2,1-3H3,(H,18,20). The maximum absolute atomic E-state index is 13.3. The molecule has 114 valence electrons. The van der Waals surface area contributed by atoms with Crippen LogP contribution in [0.5, 0.6) is 0 Å². The van der Waals surface area contributed by atoms with E-state index in [0.717, 1.165) is 6.42 Å². The summed E-state index contributed by atoms with van der Waals surface area (Å²) in [5.41, 5.74) is 0.688. The van der Waals surface area contributed by atoms with E-state index < -0.39 is 12.1 Å². The van der Waals surface area contributed by atoms with Crippen LogP contribution >= 0.6 is 0 Å². The fourth-order valence-corrected chi connectivity index (χ4v) is 2.51. The summed E-state index contributed by atoms with van der Waals surface area (Å²) in [5.74, 6) is -0.520. The minimum absolute atomic E-state index is 0.0731. The molecule has 1 aliphatic rings. The molecule has 21 heavy (non-hydrogen) atoms. The molecule has 1 aromatic carbocycles. The second-order valence-corrected chi connectivity index (χ2v) is 5.64. The van der Waals surface area contributed by atoms with Gasteiger partial charge in [0.15, 0.2) is 0 Å². The van der Waals surface area contributed by atoms with Gasteiger partial charge in [0.2, 0.25) is 11.8 Å². The molecule has 5 heteroatoms. The lowest BCUT2D eigenvalue weighted by Gasteiger charge is -2.39. The molecule has 3 unspecified atom stereocenters. The lowest BCUT2D eigenvalue weighted by atomic mass is 9.94. The zero-order valence-corrected chi connectivity index (χ0v) is 12.6. The summed E-state index contributed by atoms with van der Waals surface area (Å²) in [4.78, 5) is 26.2. The molecule has 2 amide bonds. The number of nitrogens with one attached hydrogen (secondary N) is 1. The number of benzene rings is 1. The van der Waals surface area contributed by atoms with Crippen LogP contribution in [-0.2, 0) is 16.1 Å². The molecule has 0 radical (unpaired) electrons. The Morgan fingerprint density at radius 1 is 1.38 bits per heavy atom. The van der Waals surface area contributed by atoms with Crippen LogP contribution in [0.3, 0.4) is 0 Å². The van der Waals surface area contributed by atoms with Gasteiger partial charge >= 0.3 is 0 Å². The quantitative estimate of drug-likeness (QED) is 0.924. The Morgan fingerprint density at radius 2 is 2.10 bits per heavy atom.